The maximum Gasteiger partial charge on any atom is 0.262 e. The molecular formula is C20H21N7O4S. The molecule has 166 valence electrons. The Morgan fingerprint density at radius 3 is 2.66 bits per heavy atom. The molecule has 1 aromatic heterocycles. The van der Waals surface area contributed by atoms with E-state index in [4.69, 9.17) is 15.6 Å². The second-order valence-corrected chi connectivity index (χ2v) is 8.62. The number of fused-ring (bicyclic) bond motifs is 1. The summed E-state index contributed by atoms with van der Waals surface area (Å²) in [6.45, 7) is 1.86. The van der Waals surface area contributed by atoms with Crippen LogP contribution in [-0.4, -0.2) is 30.9 Å². The van der Waals surface area contributed by atoms with Crippen LogP contribution < -0.4 is 31.6 Å². The second-order valence-electron chi connectivity index (χ2n) is 7.09. The van der Waals surface area contributed by atoms with Gasteiger partial charge in [-0.25, -0.2) is 18.5 Å². The largest absolute Gasteiger partial charge is 0.482 e. The molecule has 0 fully saturated rings. The molecule has 7 N–H and O–H groups in total. The molecule has 0 bridgehead atoms. The van der Waals surface area contributed by atoms with Crippen molar-refractivity contribution >= 4 is 44.8 Å². The molecule has 3 aromatic rings. The Morgan fingerprint density at radius 1 is 1.16 bits per heavy atom. The number of rotatable bonds is 6. The van der Waals surface area contributed by atoms with Crippen LogP contribution in [0.5, 0.6) is 5.75 Å². The van der Waals surface area contributed by atoms with Crippen LogP contribution in [0.4, 0.5) is 28.8 Å². The number of anilines is 5. The number of aryl methyl sites for hydroxylation is 1. The molecule has 0 atom stereocenters. The van der Waals surface area contributed by atoms with Crippen molar-refractivity contribution in [2.24, 2.45) is 10.9 Å². The quantitative estimate of drug-likeness (QED) is 0.370. The fourth-order valence-electron chi connectivity index (χ4n) is 3.12. The molecule has 32 heavy (non-hydrogen) atoms. The number of primary sulfonamides is 1. The highest BCUT2D eigenvalue weighted by atomic mass is 32.2. The minimum atomic E-state index is -3.94. The Kier molecular flexibility index (Phi) is 5.65. The van der Waals surface area contributed by atoms with Crippen LogP contribution in [0.15, 0.2) is 47.5 Å². The number of aromatic nitrogens is 2. The molecule has 2 heterocycles. The lowest BCUT2D eigenvalue weighted by molar-refractivity contribution is -0.118. The number of amides is 1. The van der Waals surface area contributed by atoms with Gasteiger partial charge in [0.1, 0.15) is 11.6 Å². The van der Waals surface area contributed by atoms with E-state index in [1.54, 1.807) is 36.5 Å². The zero-order valence-electron chi connectivity index (χ0n) is 17.0. The number of hydrogen-bond acceptors (Lipinski definition) is 9. The first-order valence-electron chi connectivity index (χ1n) is 9.53. The van der Waals surface area contributed by atoms with Crippen LogP contribution in [-0.2, 0) is 21.4 Å². The summed E-state index contributed by atoms with van der Waals surface area (Å²) in [5.41, 5.74) is 8.48. The number of nitrogens with two attached hydrogens (primary N) is 2. The summed E-state index contributed by atoms with van der Waals surface area (Å²) in [7, 11) is -3.94. The highest BCUT2D eigenvalue weighted by molar-refractivity contribution is 7.89. The van der Waals surface area contributed by atoms with Gasteiger partial charge < -0.3 is 26.4 Å². The minimum Gasteiger partial charge on any atom is -0.482 e. The van der Waals surface area contributed by atoms with Crippen molar-refractivity contribution < 1.29 is 17.9 Å². The van der Waals surface area contributed by atoms with Crippen molar-refractivity contribution in [2.75, 3.05) is 22.6 Å². The van der Waals surface area contributed by atoms with E-state index in [1.807, 2.05) is 6.92 Å². The van der Waals surface area contributed by atoms with Crippen molar-refractivity contribution in [2.45, 2.75) is 18.4 Å². The van der Waals surface area contributed by atoms with Gasteiger partial charge in [-0.15, -0.1) is 0 Å². The molecule has 12 heteroatoms. The lowest BCUT2D eigenvalue weighted by Gasteiger charge is -2.19. The molecule has 1 amide bonds. The summed E-state index contributed by atoms with van der Waals surface area (Å²) in [6, 6.07) is 9.93. The molecular weight excluding hydrogens is 434 g/mol. The van der Waals surface area contributed by atoms with E-state index in [-0.39, 0.29) is 29.9 Å². The first-order chi connectivity index (χ1) is 15.2. The maximum absolute atomic E-state index is 11.9. The smallest absolute Gasteiger partial charge is 0.262 e. The van der Waals surface area contributed by atoms with Gasteiger partial charge in [-0.1, -0.05) is 6.07 Å². The van der Waals surface area contributed by atoms with E-state index < -0.39 is 10.0 Å². The molecule has 0 radical (unpaired) electrons. The summed E-state index contributed by atoms with van der Waals surface area (Å²) >= 11 is 0. The lowest BCUT2D eigenvalue weighted by atomic mass is 10.2. The topological polar surface area (TPSA) is 174 Å². The van der Waals surface area contributed by atoms with Gasteiger partial charge in [0, 0.05) is 29.7 Å². The zero-order chi connectivity index (χ0) is 22.9. The van der Waals surface area contributed by atoms with Crippen LogP contribution in [0, 0.1) is 6.92 Å². The number of ether oxygens (including phenoxy) is 1. The summed E-state index contributed by atoms with van der Waals surface area (Å²) < 4.78 is 29.1. The molecule has 4 rings (SSSR count). The van der Waals surface area contributed by atoms with Gasteiger partial charge in [0.05, 0.1) is 10.6 Å². The predicted octanol–water partition coefficient (Wildman–Crippen LogP) is 1.71. The third kappa shape index (κ3) is 4.61. The van der Waals surface area contributed by atoms with Gasteiger partial charge in [-0.3, -0.25) is 4.79 Å². The second kappa shape index (κ2) is 8.42. The molecule has 0 aliphatic carbocycles. The van der Waals surface area contributed by atoms with Crippen LogP contribution in [0.2, 0.25) is 0 Å². The number of nitrogens with one attached hydrogen (secondary N) is 3. The number of sulfonamides is 1. The van der Waals surface area contributed by atoms with Crippen molar-refractivity contribution in [3.63, 3.8) is 0 Å². The Morgan fingerprint density at radius 2 is 1.91 bits per heavy atom. The number of nitrogens with zero attached hydrogens (tertiary/aromatic N) is 2. The van der Waals surface area contributed by atoms with E-state index in [1.165, 1.54) is 6.07 Å². The Labute approximate surface area is 184 Å². The van der Waals surface area contributed by atoms with Gasteiger partial charge in [0.15, 0.2) is 6.61 Å². The van der Waals surface area contributed by atoms with Crippen LogP contribution in [0.25, 0.3) is 0 Å². The molecule has 1 aliphatic heterocycles. The molecule has 0 spiro atoms. The molecule has 0 saturated carbocycles. The Bertz CT molecular complexity index is 1310. The van der Waals surface area contributed by atoms with Crippen LogP contribution in [0.1, 0.15) is 11.1 Å². The highest BCUT2D eigenvalue weighted by Gasteiger charge is 2.17. The normalized spacial score (nSPS) is 13.0. The van der Waals surface area contributed by atoms with Crippen molar-refractivity contribution in [1.82, 2.24) is 9.97 Å². The third-order valence-electron chi connectivity index (χ3n) is 4.70. The third-order valence-corrected chi connectivity index (χ3v) is 5.69. The molecule has 0 saturated heterocycles. The first-order valence-corrected chi connectivity index (χ1v) is 11.1. The highest BCUT2D eigenvalue weighted by Crippen LogP contribution is 2.32. The van der Waals surface area contributed by atoms with Crippen LogP contribution >= 0.6 is 0 Å². The van der Waals surface area contributed by atoms with Gasteiger partial charge in [-0.2, -0.15) is 4.98 Å². The van der Waals surface area contributed by atoms with Crippen molar-refractivity contribution in [3.05, 3.63) is 53.7 Å². The minimum absolute atomic E-state index is 0.0146. The molecule has 11 nitrogen and oxygen atoms in total. The van der Waals surface area contributed by atoms with Gasteiger partial charge in [-0.05, 0) is 42.8 Å². The molecule has 0 unspecified atom stereocenters. The number of carbonyl (C=O) groups is 1. The monoisotopic (exact) mass is 455 g/mol. The fraction of sp³-hybridized carbons (Fsp3) is 0.150. The van der Waals surface area contributed by atoms with E-state index in [9.17, 15) is 13.2 Å². The molecule has 2 aromatic carbocycles. The summed E-state index contributed by atoms with van der Waals surface area (Å²) in [6.07, 6.45) is 1.62. The van der Waals surface area contributed by atoms with Gasteiger partial charge >= 0.3 is 0 Å². The van der Waals surface area contributed by atoms with Gasteiger partial charge in [0.25, 0.3) is 5.91 Å². The van der Waals surface area contributed by atoms with E-state index in [2.05, 4.69) is 25.9 Å². The molecule has 1 aliphatic rings. The van der Waals surface area contributed by atoms with Crippen molar-refractivity contribution in [3.8, 4) is 5.75 Å². The fourth-order valence-corrected chi connectivity index (χ4v) is 3.93. The zero-order valence-corrected chi connectivity index (χ0v) is 17.9. The predicted molar refractivity (Wildman–Crippen MR) is 120 cm³/mol. The number of benzene rings is 2. The first kappa shape index (κ1) is 21.5. The SMILES string of the molecule is Cc1cnc(Nc2ccc(CN)c(S(N)(=O)=O)c2)nc1Nc1ccc2c(c1)NC(=O)CO2. The maximum atomic E-state index is 11.9. The summed E-state index contributed by atoms with van der Waals surface area (Å²) in [5.74, 6) is 1.13. The van der Waals surface area contributed by atoms with E-state index >= 15 is 0 Å². The average molecular weight is 456 g/mol. The Balaban J connectivity index is 1.59. The van der Waals surface area contributed by atoms with Gasteiger partial charge in [0.2, 0.25) is 16.0 Å². The number of carbonyl (C=O) groups excluding carboxylic acids is 1. The van der Waals surface area contributed by atoms with Crippen molar-refractivity contribution in [1.29, 1.82) is 0 Å². The lowest BCUT2D eigenvalue weighted by Crippen LogP contribution is -2.25. The summed E-state index contributed by atoms with van der Waals surface area (Å²) in [5, 5.41) is 14.2. The number of hydrogen-bond donors (Lipinski definition) is 5. The summed E-state index contributed by atoms with van der Waals surface area (Å²) in [4.78, 5) is 20.2. The Hall–Kier alpha value is -3.74. The van der Waals surface area contributed by atoms with Crippen LogP contribution in [0.3, 0.4) is 0 Å². The van der Waals surface area contributed by atoms with E-state index in [0.29, 0.717) is 34.2 Å². The van der Waals surface area contributed by atoms with E-state index in [0.717, 1.165) is 5.56 Å². The standard InChI is InChI=1S/C20H21N7O4S/c1-11-9-23-20(25-14-3-2-12(8-21)17(7-14)32(22,29)30)27-19(11)24-13-4-5-16-15(6-13)26-18(28)10-31-16/h2-7,9H,8,10,21H2,1H3,(H,26,28)(H2,22,29,30)(H2,23,24,25,27). The average Bonchev–Trinajstić information content (AvgIpc) is 2.75.